The molecule has 0 saturated heterocycles. The van der Waals surface area contributed by atoms with Crippen LogP contribution in [-0.2, 0) is 15.0 Å². The number of anilines is 2. The van der Waals surface area contributed by atoms with Crippen LogP contribution in [0.3, 0.4) is 0 Å². The summed E-state index contributed by atoms with van der Waals surface area (Å²) in [4.78, 5) is 28.1. The maximum absolute atomic E-state index is 13.7. The van der Waals surface area contributed by atoms with Crippen LogP contribution < -0.4 is 10.2 Å². The van der Waals surface area contributed by atoms with Gasteiger partial charge < -0.3 is 10.2 Å². The van der Waals surface area contributed by atoms with Gasteiger partial charge >= 0.3 is 0 Å². The molecule has 2 aliphatic rings. The fourth-order valence-corrected chi connectivity index (χ4v) is 4.21. The zero-order valence-electron chi connectivity index (χ0n) is 15.6. The lowest BCUT2D eigenvalue weighted by Gasteiger charge is -2.33. The van der Waals surface area contributed by atoms with Gasteiger partial charge in [0.1, 0.15) is 11.2 Å². The third-order valence-corrected chi connectivity index (χ3v) is 5.24. The van der Waals surface area contributed by atoms with E-state index in [1.54, 1.807) is 10.9 Å². The van der Waals surface area contributed by atoms with E-state index >= 15 is 0 Å². The van der Waals surface area contributed by atoms with Crippen LogP contribution >= 0.6 is 0 Å². The minimum atomic E-state index is -0.976. The van der Waals surface area contributed by atoms with Gasteiger partial charge in [0.05, 0.1) is 6.20 Å². The van der Waals surface area contributed by atoms with E-state index < -0.39 is 5.41 Å². The predicted octanol–water partition coefficient (Wildman–Crippen LogP) is 3.09. The van der Waals surface area contributed by atoms with Crippen LogP contribution in [-0.4, -0.2) is 28.1 Å². The van der Waals surface area contributed by atoms with Gasteiger partial charge in [0.25, 0.3) is 0 Å². The van der Waals surface area contributed by atoms with E-state index in [4.69, 9.17) is 0 Å². The summed E-state index contributed by atoms with van der Waals surface area (Å²) in [7, 11) is 0. The van der Waals surface area contributed by atoms with Gasteiger partial charge in [-0.25, -0.2) is 4.68 Å². The van der Waals surface area contributed by atoms with Gasteiger partial charge in [0.2, 0.25) is 11.8 Å². The van der Waals surface area contributed by atoms with Gasteiger partial charge in [-0.05, 0) is 31.4 Å². The van der Waals surface area contributed by atoms with Gasteiger partial charge in [-0.2, -0.15) is 5.10 Å². The molecule has 1 aromatic heterocycles. The molecule has 0 aliphatic carbocycles. The molecule has 26 heavy (non-hydrogen) atoms. The number of aromatic nitrogens is 2. The molecule has 1 aromatic carbocycles. The second-order valence-corrected chi connectivity index (χ2v) is 7.90. The van der Waals surface area contributed by atoms with Crippen molar-refractivity contribution in [2.45, 2.75) is 45.6 Å². The van der Waals surface area contributed by atoms with Gasteiger partial charge in [-0.3, -0.25) is 9.59 Å². The molecule has 0 fully saturated rings. The molecule has 0 radical (unpaired) electrons. The first kappa shape index (κ1) is 16.8. The highest BCUT2D eigenvalue weighted by Crippen LogP contribution is 2.52. The van der Waals surface area contributed by atoms with Crippen molar-refractivity contribution in [2.75, 3.05) is 16.8 Å². The first-order valence-corrected chi connectivity index (χ1v) is 9.15. The second kappa shape index (κ2) is 5.69. The largest absolute Gasteiger partial charge is 0.311 e. The topological polar surface area (TPSA) is 67.2 Å². The van der Waals surface area contributed by atoms with E-state index in [-0.39, 0.29) is 24.3 Å². The normalized spacial score (nSPS) is 21.5. The number of fused-ring (bicyclic) bond motifs is 4. The van der Waals surface area contributed by atoms with Crippen LogP contribution in [0.25, 0.3) is 0 Å². The minimum absolute atomic E-state index is 0.0215. The average Bonchev–Trinajstić information content (AvgIpc) is 3.10. The van der Waals surface area contributed by atoms with E-state index in [0.29, 0.717) is 18.3 Å². The predicted molar refractivity (Wildman–Crippen MR) is 100 cm³/mol. The zero-order valence-corrected chi connectivity index (χ0v) is 15.6. The summed E-state index contributed by atoms with van der Waals surface area (Å²) in [6.07, 6.45) is 1.87. The van der Waals surface area contributed by atoms with Crippen LogP contribution in [0, 0.1) is 5.92 Å². The van der Waals surface area contributed by atoms with Crippen molar-refractivity contribution in [1.29, 1.82) is 0 Å². The molecule has 4 rings (SSSR count). The summed E-state index contributed by atoms with van der Waals surface area (Å²) in [6, 6.07) is 7.92. The summed E-state index contributed by atoms with van der Waals surface area (Å²) in [6.45, 7) is 8.84. The van der Waals surface area contributed by atoms with E-state index in [9.17, 15) is 9.59 Å². The number of nitrogens with one attached hydrogen (secondary N) is 1. The number of hydrogen-bond acceptors (Lipinski definition) is 3. The molecule has 2 aromatic rings. The van der Waals surface area contributed by atoms with E-state index in [0.717, 1.165) is 16.8 Å². The Morgan fingerprint density at radius 3 is 2.58 bits per heavy atom. The lowest BCUT2D eigenvalue weighted by atomic mass is 9.72. The molecular formula is C20H24N4O2. The Labute approximate surface area is 153 Å². The number of carbonyl (C=O) groups is 2. The lowest BCUT2D eigenvalue weighted by molar-refractivity contribution is -0.126. The SMILES string of the molecule is CC(C)CN1C(=O)[C@@]2(CC(=O)Nc3c2cnn3C(C)C)c2ccccc21. The molecule has 0 saturated carbocycles. The minimum Gasteiger partial charge on any atom is -0.311 e. The van der Waals surface area contributed by atoms with Gasteiger partial charge in [0.15, 0.2) is 0 Å². The lowest BCUT2D eigenvalue weighted by Crippen LogP contribution is -2.47. The Kier molecular flexibility index (Phi) is 3.68. The number of nitrogens with zero attached hydrogens (tertiary/aromatic N) is 3. The Hall–Kier alpha value is -2.63. The fourth-order valence-electron chi connectivity index (χ4n) is 4.21. The Bertz CT molecular complexity index is 899. The standard InChI is InChI=1S/C20H24N4O2/c1-12(2)11-23-16-8-6-5-7-14(16)20(19(23)26)9-17(25)22-18-15(20)10-21-24(18)13(3)4/h5-8,10,12-13H,9,11H2,1-4H3,(H,22,25)/t20-/m0/s1. The smallest absolute Gasteiger partial charge is 0.242 e. The van der Waals surface area contributed by atoms with Gasteiger partial charge in [0, 0.05) is 30.3 Å². The highest BCUT2D eigenvalue weighted by molar-refractivity contribution is 6.15. The van der Waals surface area contributed by atoms with E-state index in [2.05, 4.69) is 24.3 Å². The van der Waals surface area contributed by atoms with Gasteiger partial charge in [-0.1, -0.05) is 32.0 Å². The van der Waals surface area contributed by atoms with Crippen molar-refractivity contribution in [2.24, 2.45) is 5.92 Å². The molecule has 6 nitrogen and oxygen atoms in total. The molecule has 0 unspecified atom stereocenters. The Morgan fingerprint density at radius 1 is 1.15 bits per heavy atom. The van der Waals surface area contributed by atoms with Crippen molar-refractivity contribution >= 4 is 23.3 Å². The molecule has 3 heterocycles. The summed E-state index contributed by atoms with van der Waals surface area (Å²) >= 11 is 0. The Morgan fingerprint density at radius 2 is 1.88 bits per heavy atom. The first-order chi connectivity index (χ1) is 12.4. The monoisotopic (exact) mass is 352 g/mol. The van der Waals surface area contributed by atoms with Crippen LogP contribution in [0.2, 0.25) is 0 Å². The van der Waals surface area contributed by atoms with Gasteiger partial charge in [-0.15, -0.1) is 0 Å². The van der Waals surface area contributed by atoms with Crippen molar-refractivity contribution < 1.29 is 9.59 Å². The van der Waals surface area contributed by atoms with Crippen LogP contribution in [0.1, 0.15) is 51.3 Å². The number of hydrogen-bond donors (Lipinski definition) is 1. The van der Waals surface area contributed by atoms with Crippen molar-refractivity contribution in [3.05, 3.63) is 41.6 Å². The molecular weight excluding hydrogens is 328 g/mol. The molecule has 1 N–H and O–H groups in total. The second-order valence-electron chi connectivity index (χ2n) is 7.90. The van der Waals surface area contributed by atoms with Crippen molar-refractivity contribution in [3.63, 3.8) is 0 Å². The number of para-hydroxylation sites is 1. The quantitative estimate of drug-likeness (QED) is 0.923. The van der Waals surface area contributed by atoms with Crippen molar-refractivity contribution in [3.8, 4) is 0 Å². The molecule has 2 amide bonds. The number of rotatable bonds is 3. The maximum Gasteiger partial charge on any atom is 0.242 e. The maximum atomic E-state index is 13.7. The molecule has 1 atom stereocenters. The van der Waals surface area contributed by atoms with Crippen molar-refractivity contribution in [1.82, 2.24) is 9.78 Å². The summed E-state index contributed by atoms with van der Waals surface area (Å²) in [5.74, 6) is 0.810. The molecule has 6 heteroatoms. The summed E-state index contributed by atoms with van der Waals surface area (Å²) in [5, 5.41) is 7.41. The van der Waals surface area contributed by atoms with Crippen LogP contribution in [0.4, 0.5) is 11.5 Å². The average molecular weight is 352 g/mol. The molecule has 2 aliphatic heterocycles. The fraction of sp³-hybridized carbons (Fsp3) is 0.450. The number of amides is 2. The van der Waals surface area contributed by atoms with Crippen LogP contribution in [0.5, 0.6) is 0 Å². The third-order valence-electron chi connectivity index (χ3n) is 5.24. The number of benzene rings is 1. The number of carbonyl (C=O) groups excluding carboxylic acids is 2. The summed E-state index contributed by atoms with van der Waals surface area (Å²) in [5.41, 5.74) is 1.64. The Balaban J connectivity index is 1.97. The summed E-state index contributed by atoms with van der Waals surface area (Å²) < 4.78 is 1.79. The van der Waals surface area contributed by atoms with E-state index in [1.165, 1.54) is 0 Å². The third kappa shape index (κ3) is 2.14. The highest BCUT2D eigenvalue weighted by Gasteiger charge is 2.57. The zero-order chi connectivity index (χ0) is 18.6. The van der Waals surface area contributed by atoms with Crippen LogP contribution in [0.15, 0.2) is 30.5 Å². The highest BCUT2D eigenvalue weighted by atomic mass is 16.2. The molecule has 136 valence electrons. The first-order valence-electron chi connectivity index (χ1n) is 9.15. The molecule has 1 spiro atoms. The van der Waals surface area contributed by atoms with E-state index in [1.807, 2.05) is 43.0 Å². The molecule has 0 bridgehead atoms.